The van der Waals surface area contributed by atoms with Gasteiger partial charge in [0.15, 0.2) is 0 Å². The van der Waals surface area contributed by atoms with Crippen LogP contribution in [0.15, 0.2) is 0 Å². The molecule has 170 valence electrons. The van der Waals surface area contributed by atoms with Crippen LogP contribution in [0.3, 0.4) is 0 Å². The largest absolute Gasteiger partial charge is 0.396 e. The minimum absolute atomic E-state index is 0.0372. The van der Waals surface area contributed by atoms with Crippen LogP contribution in [0.1, 0.15) is 110 Å². The van der Waals surface area contributed by atoms with Crippen LogP contribution in [0.4, 0.5) is 0 Å². The Hall–Kier alpha value is -0.200. The van der Waals surface area contributed by atoms with Gasteiger partial charge in [0.1, 0.15) is 6.10 Å². The van der Waals surface area contributed by atoms with Gasteiger partial charge in [-0.25, -0.2) is 0 Å². The molecule has 0 aromatic heterocycles. The van der Waals surface area contributed by atoms with Gasteiger partial charge in [0.2, 0.25) is 0 Å². The van der Waals surface area contributed by atoms with Crippen LogP contribution >= 0.6 is 0 Å². The molecule has 0 heterocycles. The molecular formula is C23H48O5. The molecule has 0 rings (SSSR count). The first kappa shape index (κ1) is 27.8. The Morgan fingerprint density at radius 1 is 0.643 bits per heavy atom. The Kier molecular flexibility index (Phi) is 21.4. The van der Waals surface area contributed by atoms with Crippen molar-refractivity contribution < 1.29 is 25.2 Å². The minimum Gasteiger partial charge on any atom is -0.396 e. The van der Waals surface area contributed by atoms with Gasteiger partial charge in [-0.15, -0.1) is 0 Å². The van der Waals surface area contributed by atoms with Crippen molar-refractivity contribution in [2.45, 2.75) is 128 Å². The summed E-state index contributed by atoms with van der Waals surface area (Å²) < 4.78 is 5.64. The Labute approximate surface area is 173 Å². The molecule has 0 radical (unpaired) electrons. The number of aliphatic hydroxyl groups excluding tert-OH is 4. The van der Waals surface area contributed by atoms with Crippen LogP contribution < -0.4 is 0 Å². The molecule has 0 aromatic rings. The monoisotopic (exact) mass is 404 g/mol. The maximum absolute atomic E-state index is 9.57. The molecule has 0 saturated heterocycles. The van der Waals surface area contributed by atoms with Gasteiger partial charge < -0.3 is 25.2 Å². The fraction of sp³-hybridized carbons (Fsp3) is 1.00. The van der Waals surface area contributed by atoms with Crippen LogP contribution in [0.2, 0.25) is 0 Å². The van der Waals surface area contributed by atoms with Crippen LogP contribution in [0, 0.1) is 0 Å². The zero-order chi connectivity index (χ0) is 20.9. The molecule has 0 aromatic carbocycles. The zero-order valence-electron chi connectivity index (χ0n) is 18.4. The second-order valence-electron chi connectivity index (χ2n) is 8.34. The van der Waals surface area contributed by atoms with Crippen molar-refractivity contribution in [1.29, 1.82) is 0 Å². The SMILES string of the molecule is CC(O)CC(CCCCCCCCCCCCCCCCO)OCC(O)CO. The first-order chi connectivity index (χ1) is 13.6. The van der Waals surface area contributed by atoms with Crippen LogP contribution in [-0.4, -0.2) is 58.6 Å². The minimum atomic E-state index is -0.831. The van der Waals surface area contributed by atoms with E-state index in [1.165, 1.54) is 77.0 Å². The maximum Gasteiger partial charge on any atom is 0.100 e. The summed E-state index contributed by atoms with van der Waals surface area (Å²) in [5.41, 5.74) is 0. The highest BCUT2D eigenvalue weighted by Crippen LogP contribution is 2.16. The highest BCUT2D eigenvalue weighted by atomic mass is 16.5. The van der Waals surface area contributed by atoms with Gasteiger partial charge >= 0.3 is 0 Å². The van der Waals surface area contributed by atoms with E-state index in [0.29, 0.717) is 13.0 Å². The molecule has 0 fully saturated rings. The number of aliphatic hydroxyl groups is 4. The molecule has 0 aliphatic rings. The van der Waals surface area contributed by atoms with Crippen molar-refractivity contribution in [2.24, 2.45) is 0 Å². The van der Waals surface area contributed by atoms with E-state index in [-0.39, 0.29) is 19.3 Å². The summed E-state index contributed by atoms with van der Waals surface area (Å²) in [6, 6.07) is 0. The summed E-state index contributed by atoms with van der Waals surface area (Å²) in [6.07, 6.45) is 17.8. The Morgan fingerprint density at radius 2 is 1.07 bits per heavy atom. The maximum atomic E-state index is 9.57. The number of hydrogen-bond acceptors (Lipinski definition) is 5. The van der Waals surface area contributed by atoms with Gasteiger partial charge in [0.05, 0.1) is 25.4 Å². The average Bonchev–Trinajstić information content (AvgIpc) is 2.68. The normalized spacial score (nSPS) is 14.9. The third kappa shape index (κ3) is 20.5. The van der Waals surface area contributed by atoms with Crippen molar-refractivity contribution in [3.05, 3.63) is 0 Å². The van der Waals surface area contributed by atoms with E-state index in [1.54, 1.807) is 6.92 Å². The number of unbranched alkanes of at least 4 members (excludes halogenated alkanes) is 13. The van der Waals surface area contributed by atoms with Gasteiger partial charge in [0.25, 0.3) is 0 Å². The standard InChI is InChI=1S/C23H48O5/c1-21(26)18-23(28-20-22(27)19-25)16-14-12-10-8-6-4-2-3-5-7-9-11-13-15-17-24/h21-27H,2-20H2,1H3. The lowest BCUT2D eigenvalue weighted by Gasteiger charge is -2.20. The van der Waals surface area contributed by atoms with Gasteiger partial charge in [-0.2, -0.15) is 0 Å². The van der Waals surface area contributed by atoms with E-state index < -0.39 is 12.2 Å². The fourth-order valence-corrected chi connectivity index (χ4v) is 3.55. The lowest BCUT2D eigenvalue weighted by molar-refractivity contribution is -0.0454. The highest BCUT2D eigenvalue weighted by Gasteiger charge is 2.14. The molecule has 0 saturated carbocycles. The molecular weight excluding hydrogens is 356 g/mol. The molecule has 0 aliphatic heterocycles. The summed E-state index contributed by atoms with van der Waals surface area (Å²) in [7, 11) is 0. The molecule has 3 atom stereocenters. The quantitative estimate of drug-likeness (QED) is 0.202. The van der Waals surface area contributed by atoms with Gasteiger partial charge in [-0.1, -0.05) is 83.5 Å². The number of hydrogen-bond donors (Lipinski definition) is 4. The molecule has 0 spiro atoms. The lowest BCUT2D eigenvalue weighted by atomic mass is 10.0. The van der Waals surface area contributed by atoms with E-state index in [2.05, 4.69) is 0 Å². The van der Waals surface area contributed by atoms with Gasteiger partial charge in [0, 0.05) is 6.61 Å². The molecule has 5 nitrogen and oxygen atoms in total. The van der Waals surface area contributed by atoms with E-state index in [9.17, 15) is 10.2 Å². The van der Waals surface area contributed by atoms with Crippen LogP contribution in [-0.2, 0) is 4.74 Å². The van der Waals surface area contributed by atoms with Gasteiger partial charge in [-0.3, -0.25) is 0 Å². The molecule has 28 heavy (non-hydrogen) atoms. The van der Waals surface area contributed by atoms with Crippen LogP contribution in [0.5, 0.6) is 0 Å². The first-order valence-electron chi connectivity index (χ1n) is 11.8. The second kappa shape index (κ2) is 21.5. The van der Waals surface area contributed by atoms with Crippen molar-refractivity contribution >= 4 is 0 Å². The molecule has 0 aliphatic carbocycles. The molecule has 3 unspecified atom stereocenters. The Bertz CT molecular complexity index is 299. The van der Waals surface area contributed by atoms with Crippen molar-refractivity contribution in [1.82, 2.24) is 0 Å². The predicted molar refractivity (Wildman–Crippen MR) is 115 cm³/mol. The molecule has 0 bridgehead atoms. The third-order valence-corrected chi connectivity index (χ3v) is 5.27. The fourth-order valence-electron chi connectivity index (χ4n) is 3.55. The van der Waals surface area contributed by atoms with E-state index in [0.717, 1.165) is 19.3 Å². The Balaban J connectivity index is 3.43. The zero-order valence-corrected chi connectivity index (χ0v) is 18.4. The second-order valence-corrected chi connectivity index (χ2v) is 8.34. The van der Waals surface area contributed by atoms with E-state index in [1.807, 2.05) is 0 Å². The lowest BCUT2D eigenvalue weighted by Crippen LogP contribution is -2.26. The number of ether oxygens (including phenoxy) is 1. The van der Waals surface area contributed by atoms with Crippen molar-refractivity contribution in [3.8, 4) is 0 Å². The van der Waals surface area contributed by atoms with E-state index in [4.69, 9.17) is 14.9 Å². The molecule has 5 heteroatoms. The summed E-state index contributed by atoms with van der Waals surface area (Å²) in [5, 5.41) is 36.6. The average molecular weight is 405 g/mol. The van der Waals surface area contributed by atoms with Crippen LogP contribution in [0.25, 0.3) is 0 Å². The third-order valence-electron chi connectivity index (χ3n) is 5.27. The number of rotatable bonds is 22. The van der Waals surface area contributed by atoms with Crippen molar-refractivity contribution in [2.75, 3.05) is 19.8 Å². The first-order valence-corrected chi connectivity index (χ1v) is 11.8. The summed E-state index contributed by atoms with van der Waals surface area (Å²) in [4.78, 5) is 0. The van der Waals surface area contributed by atoms with E-state index >= 15 is 0 Å². The van der Waals surface area contributed by atoms with Gasteiger partial charge in [-0.05, 0) is 26.2 Å². The Morgan fingerprint density at radius 3 is 1.46 bits per heavy atom. The van der Waals surface area contributed by atoms with Crippen molar-refractivity contribution in [3.63, 3.8) is 0 Å². The summed E-state index contributed by atoms with van der Waals surface area (Å²) in [6.45, 7) is 1.95. The smallest absolute Gasteiger partial charge is 0.100 e. The summed E-state index contributed by atoms with van der Waals surface area (Å²) in [5.74, 6) is 0. The highest BCUT2D eigenvalue weighted by molar-refractivity contribution is 4.64. The predicted octanol–water partition coefficient (Wildman–Crippen LogP) is 4.34. The molecule has 0 amide bonds. The summed E-state index contributed by atoms with van der Waals surface area (Å²) >= 11 is 0. The topological polar surface area (TPSA) is 90.2 Å². The molecule has 4 N–H and O–H groups in total.